The fraction of sp³-hybridized carbons (Fsp3) is 0.667. The molecule has 0 aliphatic rings. The molecular formula is C9H17N2O+. The quantitative estimate of drug-likeness (QED) is 0.646. The van der Waals surface area contributed by atoms with Gasteiger partial charge in [-0.3, -0.25) is 0 Å². The summed E-state index contributed by atoms with van der Waals surface area (Å²) in [6.07, 6.45) is 2.83. The molecule has 0 aromatic carbocycles. The molecule has 68 valence electrons. The van der Waals surface area contributed by atoms with Crippen molar-refractivity contribution in [1.82, 2.24) is 9.47 Å². The molecule has 0 atom stereocenters. The lowest BCUT2D eigenvalue weighted by molar-refractivity contribution is 0.317. The van der Waals surface area contributed by atoms with E-state index in [4.69, 9.17) is 4.42 Å². The fourth-order valence-electron chi connectivity index (χ4n) is 1.27. The van der Waals surface area contributed by atoms with E-state index in [0.717, 1.165) is 29.2 Å². The second-order valence-electron chi connectivity index (χ2n) is 3.68. The highest BCUT2D eigenvalue weighted by atomic mass is 16.4. The third-order valence-electron chi connectivity index (χ3n) is 1.91. The molecule has 1 aromatic heterocycles. The summed E-state index contributed by atoms with van der Waals surface area (Å²) in [6, 6.07) is 0.800. The first-order valence-corrected chi connectivity index (χ1v) is 4.32. The smallest absolute Gasteiger partial charge is 0.403 e. The fourth-order valence-corrected chi connectivity index (χ4v) is 1.27. The largest absolute Gasteiger partial charge is 0.403 e. The van der Waals surface area contributed by atoms with E-state index in [2.05, 4.69) is 26.0 Å². The first-order valence-electron chi connectivity index (χ1n) is 4.32. The lowest BCUT2D eigenvalue weighted by atomic mass is 10.4. The van der Waals surface area contributed by atoms with Gasteiger partial charge in [-0.05, 0) is 13.3 Å². The minimum absolute atomic E-state index is 0.727. The van der Waals surface area contributed by atoms with Gasteiger partial charge in [0.25, 0.3) is 0 Å². The van der Waals surface area contributed by atoms with Gasteiger partial charge in [0.15, 0.2) is 0 Å². The van der Waals surface area contributed by atoms with Gasteiger partial charge in [-0.1, -0.05) is 6.92 Å². The molecule has 3 nitrogen and oxygen atoms in total. The summed E-state index contributed by atoms with van der Waals surface area (Å²) in [5.74, 6) is 0. The Morgan fingerprint density at radius 3 is 2.58 bits per heavy atom. The minimum atomic E-state index is 0.727. The molecular weight excluding hydrogens is 152 g/mol. The standard InChI is InChI=1S/C9H17N2O/c1-5-6-11(3,4)9-10-8(2)7-12-9/h7H,5-6H2,1-4H3/q+1. The van der Waals surface area contributed by atoms with E-state index >= 15 is 0 Å². The predicted molar refractivity (Wildman–Crippen MR) is 50.0 cm³/mol. The second-order valence-corrected chi connectivity index (χ2v) is 3.68. The number of nitrogens with zero attached hydrogens (tertiary/aromatic N) is 2. The van der Waals surface area contributed by atoms with Gasteiger partial charge in [-0.25, -0.2) is 4.48 Å². The number of quaternary nitrogens is 1. The van der Waals surface area contributed by atoms with Gasteiger partial charge in [0.2, 0.25) is 0 Å². The molecule has 0 N–H and O–H groups in total. The van der Waals surface area contributed by atoms with Crippen LogP contribution in [0.2, 0.25) is 0 Å². The summed E-state index contributed by atoms with van der Waals surface area (Å²) < 4.78 is 6.07. The van der Waals surface area contributed by atoms with Crippen molar-refractivity contribution in [3.05, 3.63) is 12.0 Å². The van der Waals surface area contributed by atoms with Crippen LogP contribution in [0, 0.1) is 6.92 Å². The molecule has 0 radical (unpaired) electrons. The molecule has 1 rings (SSSR count). The molecule has 0 saturated heterocycles. The Hall–Kier alpha value is -0.830. The molecule has 3 heteroatoms. The van der Waals surface area contributed by atoms with Crippen LogP contribution in [0.3, 0.4) is 0 Å². The van der Waals surface area contributed by atoms with E-state index in [9.17, 15) is 0 Å². The lowest BCUT2D eigenvalue weighted by Crippen LogP contribution is -2.41. The third-order valence-corrected chi connectivity index (χ3v) is 1.91. The van der Waals surface area contributed by atoms with Gasteiger partial charge in [0.05, 0.1) is 26.3 Å². The Bertz CT molecular complexity index is 253. The summed E-state index contributed by atoms with van der Waals surface area (Å²) in [6.45, 7) is 5.16. The molecule has 0 unspecified atom stereocenters. The highest BCUT2D eigenvalue weighted by molar-refractivity contribution is 5.19. The van der Waals surface area contributed by atoms with Crippen molar-refractivity contribution in [2.75, 3.05) is 20.6 Å². The number of aryl methyl sites for hydroxylation is 1. The van der Waals surface area contributed by atoms with Crippen molar-refractivity contribution in [3.63, 3.8) is 0 Å². The Kier molecular flexibility index (Phi) is 2.52. The number of oxazole rings is 1. The summed E-state index contributed by atoms with van der Waals surface area (Å²) in [7, 11) is 4.21. The average Bonchev–Trinajstić information content (AvgIpc) is 2.36. The molecule has 12 heavy (non-hydrogen) atoms. The van der Waals surface area contributed by atoms with E-state index < -0.39 is 0 Å². The van der Waals surface area contributed by atoms with Crippen LogP contribution >= 0.6 is 0 Å². The number of hydrogen-bond donors (Lipinski definition) is 0. The van der Waals surface area contributed by atoms with Crippen LogP contribution in [0.1, 0.15) is 19.0 Å². The van der Waals surface area contributed by atoms with Crippen LogP contribution in [0.4, 0.5) is 6.01 Å². The second kappa shape index (κ2) is 3.27. The first kappa shape index (κ1) is 9.26. The molecule has 0 bridgehead atoms. The molecule has 1 aromatic rings. The lowest BCUT2D eigenvalue weighted by Gasteiger charge is -2.23. The van der Waals surface area contributed by atoms with Gasteiger partial charge >= 0.3 is 6.01 Å². The monoisotopic (exact) mass is 169 g/mol. The summed E-state index contributed by atoms with van der Waals surface area (Å²) in [5.41, 5.74) is 0.951. The summed E-state index contributed by atoms with van der Waals surface area (Å²) in [4.78, 5) is 4.31. The van der Waals surface area contributed by atoms with Crippen LogP contribution in [0.25, 0.3) is 0 Å². The third kappa shape index (κ3) is 1.85. The Balaban J connectivity index is 2.81. The molecule has 0 amide bonds. The van der Waals surface area contributed by atoms with E-state index in [-0.39, 0.29) is 0 Å². The summed E-state index contributed by atoms with van der Waals surface area (Å²) >= 11 is 0. The molecule has 0 spiro atoms. The molecule has 0 saturated carbocycles. The van der Waals surface area contributed by atoms with Crippen molar-refractivity contribution in [1.29, 1.82) is 0 Å². The zero-order valence-electron chi connectivity index (χ0n) is 8.29. The number of hydrogen-bond acceptors (Lipinski definition) is 2. The zero-order valence-corrected chi connectivity index (χ0v) is 8.29. The van der Waals surface area contributed by atoms with Crippen molar-refractivity contribution in [2.24, 2.45) is 0 Å². The van der Waals surface area contributed by atoms with Crippen molar-refractivity contribution in [3.8, 4) is 0 Å². The van der Waals surface area contributed by atoms with Gasteiger partial charge in [0, 0.05) is 0 Å². The topological polar surface area (TPSA) is 26.0 Å². The van der Waals surface area contributed by atoms with Crippen LogP contribution in [0.5, 0.6) is 0 Å². The van der Waals surface area contributed by atoms with Gasteiger partial charge in [-0.15, -0.1) is 0 Å². The van der Waals surface area contributed by atoms with Crippen LogP contribution < -0.4 is 4.48 Å². The summed E-state index contributed by atoms with van der Waals surface area (Å²) in [5, 5.41) is 0. The molecule has 0 aliphatic carbocycles. The van der Waals surface area contributed by atoms with Crippen molar-refractivity contribution >= 4 is 6.01 Å². The predicted octanol–water partition coefficient (Wildman–Crippen LogP) is 1.96. The highest BCUT2D eigenvalue weighted by Gasteiger charge is 2.23. The van der Waals surface area contributed by atoms with Crippen molar-refractivity contribution < 1.29 is 4.42 Å². The normalized spacial score (nSPS) is 12.0. The number of rotatable bonds is 3. The van der Waals surface area contributed by atoms with Crippen LogP contribution in [0.15, 0.2) is 10.7 Å². The maximum atomic E-state index is 5.34. The first-order chi connectivity index (χ1) is 5.56. The van der Waals surface area contributed by atoms with Gasteiger partial charge in [0.1, 0.15) is 6.26 Å². The maximum absolute atomic E-state index is 5.34. The maximum Gasteiger partial charge on any atom is 0.403 e. The molecule has 1 heterocycles. The van der Waals surface area contributed by atoms with E-state index in [0.29, 0.717) is 0 Å². The van der Waals surface area contributed by atoms with E-state index in [1.54, 1.807) is 6.26 Å². The minimum Gasteiger partial charge on any atom is -0.403 e. The van der Waals surface area contributed by atoms with Gasteiger partial charge < -0.3 is 4.42 Å². The van der Waals surface area contributed by atoms with Crippen molar-refractivity contribution in [2.45, 2.75) is 20.3 Å². The molecule has 0 aliphatic heterocycles. The molecule has 0 fully saturated rings. The Morgan fingerprint density at radius 2 is 2.17 bits per heavy atom. The van der Waals surface area contributed by atoms with Gasteiger partial charge in [-0.2, -0.15) is 4.98 Å². The zero-order chi connectivity index (χ0) is 9.19. The van der Waals surface area contributed by atoms with E-state index in [1.165, 1.54) is 0 Å². The SMILES string of the molecule is CCC[N+](C)(C)c1nc(C)co1. The Morgan fingerprint density at radius 1 is 1.50 bits per heavy atom. The number of aromatic nitrogens is 1. The van der Waals surface area contributed by atoms with Crippen LogP contribution in [-0.4, -0.2) is 25.6 Å². The Labute approximate surface area is 73.6 Å². The van der Waals surface area contributed by atoms with Crippen LogP contribution in [-0.2, 0) is 0 Å². The average molecular weight is 169 g/mol. The van der Waals surface area contributed by atoms with E-state index in [1.807, 2.05) is 6.92 Å². The highest BCUT2D eigenvalue weighted by Crippen LogP contribution is 2.17.